The van der Waals surface area contributed by atoms with E-state index in [2.05, 4.69) is 26.1 Å². The summed E-state index contributed by atoms with van der Waals surface area (Å²) in [6.07, 6.45) is 4.95. The molecule has 1 amide bonds. The molecule has 0 aromatic rings. The fourth-order valence-corrected chi connectivity index (χ4v) is 2.78. The van der Waals surface area contributed by atoms with E-state index in [9.17, 15) is 4.79 Å². The predicted molar refractivity (Wildman–Crippen MR) is 79.3 cm³/mol. The van der Waals surface area contributed by atoms with Crippen LogP contribution in [0.15, 0.2) is 0 Å². The van der Waals surface area contributed by atoms with E-state index in [0.717, 1.165) is 31.6 Å². The van der Waals surface area contributed by atoms with Crippen molar-refractivity contribution in [3.63, 3.8) is 0 Å². The maximum absolute atomic E-state index is 11.9. The summed E-state index contributed by atoms with van der Waals surface area (Å²) >= 11 is 4.79. The first kappa shape index (κ1) is 15.4. The maximum Gasteiger partial charge on any atom is 0.223 e. The number of nitrogens with two attached hydrogens (primary N) is 1. The monoisotopic (exact) mass is 270 g/mol. The van der Waals surface area contributed by atoms with Crippen molar-refractivity contribution in [2.45, 2.75) is 52.9 Å². The average Bonchev–Trinajstić information content (AvgIpc) is 2.27. The number of thiocarbonyl (C=S) groups is 1. The Hall–Kier alpha value is -0.640. The van der Waals surface area contributed by atoms with Gasteiger partial charge in [0.2, 0.25) is 5.91 Å². The van der Waals surface area contributed by atoms with Crippen LogP contribution < -0.4 is 11.1 Å². The minimum absolute atomic E-state index is 0.179. The number of nitrogens with one attached hydrogen (secondary N) is 1. The number of hydrogen-bond acceptors (Lipinski definition) is 2. The van der Waals surface area contributed by atoms with Crippen LogP contribution in [-0.2, 0) is 4.79 Å². The lowest BCUT2D eigenvalue weighted by atomic mass is 9.69. The number of carbonyl (C=O) groups is 1. The zero-order valence-electron chi connectivity index (χ0n) is 11.8. The third kappa shape index (κ3) is 4.92. The summed E-state index contributed by atoms with van der Waals surface area (Å²) in [5.74, 6) is 1.12. The highest BCUT2D eigenvalue weighted by Crippen LogP contribution is 2.39. The molecule has 0 aromatic carbocycles. The van der Waals surface area contributed by atoms with Crippen LogP contribution in [0.25, 0.3) is 0 Å². The van der Waals surface area contributed by atoms with Gasteiger partial charge in [0.05, 0.1) is 4.99 Å². The largest absolute Gasteiger partial charge is 0.393 e. The summed E-state index contributed by atoms with van der Waals surface area (Å²) in [6, 6.07) is 0. The number of hydrogen-bond donors (Lipinski definition) is 2. The first-order valence-electron chi connectivity index (χ1n) is 6.86. The minimum atomic E-state index is 0.179. The Labute approximate surface area is 116 Å². The fraction of sp³-hybridized carbons (Fsp3) is 0.857. The molecule has 0 unspecified atom stereocenters. The molecule has 1 aliphatic rings. The second-order valence-corrected chi connectivity index (χ2v) is 6.95. The summed E-state index contributed by atoms with van der Waals surface area (Å²) in [4.78, 5) is 12.4. The van der Waals surface area contributed by atoms with E-state index >= 15 is 0 Å². The number of rotatable bonds is 4. The molecule has 0 aromatic heterocycles. The molecule has 1 rings (SSSR count). The van der Waals surface area contributed by atoms with Crippen molar-refractivity contribution in [3.8, 4) is 0 Å². The fourth-order valence-electron chi connectivity index (χ4n) is 2.67. The van der Waals surface area contributed by atoms with Crippen molar-refractivity contribution in [2.24, 2.45) is 23.0 Å². The Morgan fingerprint density at radius 1 is 1.28 bits per heavy atom. The minimum Gasteiger partial charge on any atom is -0.393 e. The van der Waals surface area contributed by atoms with Gasteiger partial charge in [-0.05, 0) is 37.0 Å². The molecular formula is C14H26N2OS. The van der Waals surface area contributed by atoms with E-state index in [1.807, 2.05) is 0 Å². The van der Waals surface area contributed by atoms with Gasteiger partial charge in [0.15, 0.2) is 0 Å². The second kappa shape index (κ2) is 6.50. The molecule has 0 spiro atoms. The molecule has 104 valence electrons. The van der Waals surface area contributed by atoms with Crippen LogP contribution in [0.3, 0.4) is 0 Å². The van der Waals surface area contributed by atoms with Gasteiger partial charge >= 0.3 is 0 Å². The van der Waals surface area contributed by atoms with Crippen LogP contribution in [0.5, 0.6) is 0 Å². The summed E-state index contributed by atoms with van der Waals surface area (Å²) in [6.45, 7) is 7.45. The van der Waals surface area contributed by atoms with Gasteiger partial charge in [-0.25, -0.2) is 0 Å². The first-order valence-corrected chi connectivity index (χ1v) is 7.27. The molecule has 1 saturated carbocycles. The van der Waals surface area contributed by atoms with Gasteiger partial charge < -0.3 is 11.1 Å². The molecule has 0 aliphatic heterocycles. The standard InChI is InChI=1S/C14H26N2OS/c1-14(2,3)11-6-4-10(5-7-11)13(17)16-9-8-12(15)18/h10-11H,4-9H2,1-3H3,(H2,15,18)(H,16,17). The molecule has 0 saturated heterocycles. The summed E-state index contributed by atoms with van der Waals surface area (Å²) in [5.41, 5.74) is 5.77. The molecule has 4 heteroatoms. The lowest BCUT2D eigenvalue weighted by Crippen LogP contribution is -2.36. The van der Waals surface area contributed by atoms with Gasteiger partial charge in [0.1, 0.15) is 0 Å². The highest BCUT2D eigenvalue weighted by atomic mass is 32.1. The maximum atomic E-state index is 11.9. The normalized spacial score (nSPS) is 24.6. The Balaban J connectivity index is 2.30. The lowest BCUT2D eigenvalue weighted by molar-refractivity contribution is -0.126. The quantitative estimate of drug-likeness (QED) is 0.772. The van der Waals surface area contributed by atoms with Crippen LogP contribution in [0.4, 0.5) is 0 Å². The smallest absolute Gasteiger partial charge is 0.223 e. The molecule has 0 radical (unpaired) electrons. The van der Waals surface area contributed by atoms with Crippen molar-refractivity contribution in [1.29, 1.82) is 0 Å². The van der Waals surface area contributed by atoms with Crippen molar-refractivity contribution >= 4 is 23.1 Å². The van der Waals surface area contributed by atoms with Gasteiger partial charge in [0, 0.05) is 18.9 Å². The number of carbonyl (C=O) groups excluding carboxylic acids is 1. The van der Waals surface area contributed by atoms with Crippen molar-refractivity contribution in [2.75, 3.05) is 6.54 Å². The van der Waals surface area contributed by atoms with E-state index in [0.29, 0.717) is 23.4 Å². The Bertz CT molecular complexity index is 301. The SMILES string of the molecule is CC(C)(C)C1CCC(C(=O)NCCC(N)=S)CC1. The van der Waals surface area contributed by atoms with Crippen LogP contribution in [0.2, 0.25) is 0 Å². The number of amides is 1. The topological polar surface area (TPSA) is 55.1 Å². The Morgan fingerprint density at radius 3 is 2.28 bits per heavy atom. The highest BCUT2D eigenvalue weighted by molar-refractivity contribution is 7.80. The molecule has 0 bridgehead atoms. The summed E-state index contributed by atoms with van der Waals surface area (Å²) in [5, 5.41) is 2.93. The van der Waals surface area contributed by atoms with E-state index in [-0.39, 0.29) is 11.8 Å². The Morgan fingerprint density at radius 2 is 1.83 bits per heavy atom. The van der Waals surface area contributed by atoms with E-state index in [1.165, 1.54) is 0 Å². The summed E-state index contributed by atoms with van der Waals surface area (Å²) in [7, 11) is 0. The van der Waals surface area contributed by atoms with Gasteiger partial charge in [-0.15, -0.1) is 0 Å². The molecular weight excluding hydrogens is 244 g/mol. The van der Waals surface area contributed by atoms with E-state index in [4.69, 9.17) is 18.0 Å². The lowest BCUT2D eigenvalue weighted by Gasteiger charge is -2.36. The van der Waals surface area contributed by atoms with Gasteiger partial charge in [-0.1, -0.05) is 33.0 Å². The second-order valence-electron chi connectivity index (χ2n) is 6.42. The van der Waals surface area contributed by atoms with Gasteiger partial charge in [-0.2, -0.15) is 0 Å². The molecule has 3 nitrogen and oxygen atoms in total. The van der Waals surface area contributed by atoms with Gasteiger partial charge in [0.25, 0.3) is 0 Å². The molecule has 1 aliphatic carbocycles. The van der Waals surface area contributed by atoms with Gasteiger partial charge in [-0.3, -0.25) is 4.79 Å². The third-order valence-electron chi connectivity index (χ3n) is 3.99. The molecule has 0 heterocycles. The molecule has 0 atom stereocenters. The third-order valence-corrected chi connectivity index (χ3v) is 4.20. The predicted octanol–water partition coefficient (Wildman–Crippen LogP) is 2.63. The van der Waals surface area contributed by atoms with E-state index < -0.39 is 0 Å². The zero-order valence-corrected chi connectivity index (χ0v) is 12.6. The van der Waals surface area contributed by atoms with Crippen LogP contribution >= 0.6 is 12.2 Å². The molecule has 3 N–H and O–H groups in total. The highest BCUT2D eigenvalue weighted by Gasteiger charge is 2.32. The van der Waals surface area contributed by atoms with Crippen molar-refractivity contribution < 1.29 is 4.79 Å². The average molecular weight is 270 g/mol. The van der Waals surface area contributed by atoms with Crippen LogP contribution in [-0.4, -0.2) is 17.4 Å². The first-order chi connectivity index (χ1) is 8.30. The summed E-state index contributed by atoms with van der Waals surface area (Å²) < 4.78 is 0. The zero-order chi connectivity index (χ0) is 13.8. The molecule has 1 fully saturated rings. The van der Waals surface area contributed by atoms with Crippen molar-refractivity contribution in [3.05, 3.63) is 0 Å². The van der Waals surface area contributed by atoms with E-state index in [1.54, 1.807) is 0 Å². The van der Waals surface area contributed by atoms with Crippen LogP contribution in [0, 0.1) is 17.3 Å². The van der Waals surface area contributed by atoms with Crippen molar-refractivity contribution in [1.82, 2.24) is 5.32 Å². The van der Waals surface area contributed by atoms with Crippen LogP contribution in [0.1, 0.15) is 52.9 Å². The Kier molecular flexibility index (Phi) is 5.57. The molecule has 18 heavy (non-hydrogen) atoms.